The number of aromatic nitrogens is 2. The summed E-state index contributed by atoms with van der Waals surface area (Å²) in [4.78, 5) is 50.5. The Hall–Kier alpha value is -2.96. The van der Waals surface area contributed by atoms with Gasteiger partial charge in [-0.15, -0.1) is 0 Å². The highest BCUT2D eigenvalue weighted by Gasteiger charge is 2.34. The average Bonchev–Trinajstić information content (AvgIpc) is 3.38. The Kier molecular flexibility index (Phi) is 5.81. The molecule has 2 aromatic rings. The highest BCUT2D eigenvalue weighted by Crippen LogP contribution is 2.31. The molecule has 1 saturated carbocycles. The minimum atomic E-state index is -0.229. The fourth-order valence-electron chi connectivity index (χ4n) is 5.43. The van der Waals surface area contributed by atoms with Crippen molar-refractivity contribution < 1.29 is 9.59 Å². The quantitative estimate of drug-likeness (QED) is 0.804. The molecule has 3 aliphatic rings. The van der Waals surface area contributed by atoms with E-state index in [9.17, 15) is 14.4 Å². The van der Waals surface area contributed by atoms with Gasteiger partial charge in [0.1, 0.15) is 5.82 Å². The van der Waals surface area contributed by atoms with E-state index in [1.54, 1.807) is 0 Å². The molecule has 2 amide bonds. The molecule has 0 spiro atoms. The number of hydrogen-bond donors (Lipinski definition) is 1. The normalized spacial score (nSPS) is 21.4. The number of carbonyl (C=O) groups is 2. The summed E-state index contributed by atoms with van der Waals surface area (Å²) in [5.41, 5.74) is 1.85. The summed E-state index contributed by atoms with van der Waals surface area (Å²) in [7, 11) is 0. The third-order valence-electron chi connectivity index (χ3n) is 7.20. The smallest absolute Gasteiger partial charge is 0.256 e. The lowest BCUT2D eigenvalue weighted by molar-refractivity contribution is -0.136. The molecule has 1 N–H and O–H groups in total. The summed E-state index contributed by atoms with van der Waals surface area (Å²) in [6, 6.07) is 9.05. The molecule has 0 radical (unpaired) electrons. The molecule has 2 aliphatic heterocycles. The van der Waals surface area contributed by atoms with Crippen molar-refractivity contribution >= 4 is 11.8 Å². The van der Waals surface area contributed by atoms with Crippen LogP contribution in [0.2, 0.25) is 0 Å². The summed E-state index contributed by atoms with van der Waals surface area (Å²) >= 11 is 0. The van der Waals surface area contributed by atoms with Gasteiger partial charge in [0.2, 0.25) is 5.91 Å². The van der Waals surface area contributed by atoms with Crippen LogP contribution < -0.4 is 5.56 Å². The molecule has 1 aromatic carbocycles. The van der Waals surface area contributed by atoms with Crippen LogP contribution in [0.5, 0.6) is 0 Å². The van der Waals surface area contributed by atoms with Crippen LogP contribution in [0, 0.1) is 5.92 Å². The van der Waals surface area contributed by atoms with Gasteiger partial charge < -0.3 is 14.8 Å². The Balaban J connectivity index is 1.39. The van der Waals surface area contributed by atoms with Crippen molar-refractivity contribution in [3.05, 3.63) is 63.3 Å². The zero-order valence-corrected chi connectivity index (χ0v) is 18.4. The topological polar surface area (TPSA) is 86.4 Å². The molecule has 0 bridgehead atoms. The van der Waals surface area contributed by atoms with Gasteiger partial charge in [0, 0.05) is 31.0 Å². The maximum absolute atomic E-state index is 13.2. The van der Waals surface area contributed by atoms with Crippen molar-refractivity contribution in [2.24, 2.45) is 5.92 Å². The lowest BCUT2D eigenvalue weighted by Gasteiger charge is -2.36. The van der Waals surface area contributed by atoms with Crippen LogP contribution in [0.1, 0.15) is 78.4 Å². The van der Waals surface area contributed by atoms with E-state index in [0.717, 1.165) is 50.6 Å². The number of fused-ring (bicyclic) bond motifs is 1. The zero-order chi connectivity index (χ0) is 22.1. The van der Waals surface area contributed by atoms with Gasteiger partial charge >= 0.3 is 0 Å². The predicted molar refractivity (Wildman–Crippen MR) is 120 cm³/mol. The summed E-state index contributed by atoms with van der Waals surface area (Å²) in [5.74, 6) is 0.850. The molecule has 32 heavy (non-hydrogen) atoms. The van der Waals surface area contributed by atoms with Crippen molar-refractivity contribution in [2.75, 3.05) is 13.1 Å². The van der Waals surface area contributed by atoms with Crippen LogP contribution in [0.25, 0.3) is 0 Å². The number of aromatic amines is 1. The van der Waals surface area contributed by atoms with Crippen LogP contribution in [-0.4, -0.2) is 44.7 Å². The van der Waals surface area contributed by atoms with E-state index in [1.165, 1.54) is 0 Å². The number of rotatable bonds is 3. The van der Waals surface area contributed by atoms with E-state index >= 15 is 0 Å². The Bertz CT molecular complexity index is 1060. The Morgan fingerprint density at radius 3 is 2.50 bits per heavy atom. The SMILES string of the molecule is O=C(C1CCCC1)N1CCc2nc([C@H]3CCCCN3C(=O)c3ccccc3)[nH]c(=O)c2C1. The first-order valence-corrected chi connectivity index (χ1v) is 11.9. The molecular weight excluding hydrogens is 404 g/mol. The first-order valence-electron chi connectivity index (χ1n) is 11.9. The van der Waals surface area contributed by atoms with E-state index in [1.807, 2.05) is 40.1 Å². The highest BCUT2D eigenvalue weighted by atomic mass is 16.2. The third kappa shape index (κ3) is 3.96. The molecule has 2 fully saturated rings. The summed E-state index contributed by atoms with van der Waals surface area (Å²) in [6.07, 6.45) is 7.47. The van der Waals surface area contributed by atoms with Crippen molar-refractivity contribution in [3.63, 3.8) is 0 Å². The Morgan fingerprint density at radius 1 is 0.969 bits per heavy atom. The van der Waals surface area contributed by atoms with Gasteiger partial charge in [0.25, 0.3) is 11.5 Å². The monoisotopic (exact) mass is 434 g/mol. The molecule has 1 aromatic heterocycles. The maximum atomic E-state index is 13.2. The second kappa shape index (κ2) is 8.88. The fraction of sp³-hybridized carbons (Fsp3) is 0.520. The van der Waals surface area contributed by atoms with E-state index in [4.69, 9.17) is 4.98 Å². The Labute approximate surface area is 187 Å². The Morgan fingerprint density at radius 2 is 1.72 bits per heavy atom. The number of likely N-dealkylation sites (tertiary alicyclic amines) is 1. The molecule has 1 saturated heterocycles. The minimum Gasteiger partial charge on any atom is -0.337 e. The summed E-state index contributed by atoms with van der Waals surface area (Å²) in [5, 5.41) is 0. The number of hydrogen-bond acceptors (Lipinski definition) is 4. The first-order chi connectivity index (χ1) is 15.6. The second-order valence-corrected chi connectivity index (χ2v) is 9.24. The largest absolute Gasteiger partial charge is 0.337 e. The van der Waals surface area contributed by atoms with Gasteiger partial charge in [-0.25, -0.2) is 4.98 Å². The number of carbonyl (C=O) groups excluding carboxylic acids is 2. The molecule has 3 heterocycles. The van der Waals surface area contributed by atoms with Gasteiger partial charge in [0.15, 0.2) is 0 Å². The lowest BCUT2D eigenvalue weighted by atomic mass is 9.98. The molecule has 1 atom stereocenters. The third-order valence-corrected chi connectivity index (χ3v) is 7.20. The first kappa shape index (κ1) is 20.9. The van der Waals surface area contributed by atoms with E-state index in [0.29, 0.717) is 43.0 Å². The maximum Gasteiger partial charge on any atom is 0.256 e. The van der Waals surface area contributed by atoms with Crippen LogP contribution in [0.3, 0.4) is 0 Å². The standard InChI is InChI=1S/C25H30N4O3/c30-23-19-16-28(24(31)17-10-4-5-11-17)15-13-20(19)26-22(27-23)21-12-6-7-14-29(21)25(32)18-8-2-1-3-9-18/h1-3,8-9,17,21H,4-7,10-16H2,(H,26,27,30)/t21-/m1/s1. The van der Waals surface area contributed by atoms with Gasteiger partial charge in [-0.1, -0.05) is 31.0 Å². The average molecular weight is 435 g/mol. The minimum absolute atomic E-state index is 0.0241. The van der Waals surface area contributed by atoms with Crippen molar-refractivity contribution in [1.82, 2.24) is 19.8 Å². The second-order valence-electron chi connectivity index (χ2n) is 9.24. The van der Waals surface area contributed by atoms with Crippen LogP contribution in [0.15, 0.2) is 35.1 Å². The van der Waals surface area contributed by atoms with Crippen molar-refractivity contribution in [3.8, 4) is 0 Å². The van der Waals surface area contributed by atoms with Crippen molar-refractivity contribution in [1.29, 1.82) is 0 Å². The van der Waals surface area contributed by atoms with Gasteiger partial charge in [-0.2, -0.15) is 0 Å². The fourth-order valence-corrected chi connectivity index (χ4v) is 5.43. The van der Waals surface area contributed by atoms with Crippen LogP contribution in [0.4, 0.5) is 0 Å². The van der Waals surface area contributed by atoms with E-state index < -0.39 is 0 Å². The number of H-pyrrole nitrogens is 1. The number of piperidine rings is 1. The predicted octanol–water partition coefficient (Wildman–Crippen LogP) is 3.21. The lowest BCUT2D eigenvalue weighted by Crippen LogP contribution is -2.43. The summed E-state index contributed by atoms with van der Waals surface area (Å²) < 4.78 is 0. The molecule has 0 unspecified atom stereocenters. The number of amides is 2. The van der Waals surface area contributed by atoms with Gasteiger partial charge in [-0.3, -0.25) is 14.4 Å². The van der Waals surface area contributed by atoms with Gasteiger partial charge in [0.05, 0.1) is 23.8 Å². The van der Waals surface area contributed by atoms with E-state index in [-0.39, 0.29) is 29.3 Å². The van der Waals surface area contributed by atoms with Crippen LogP contribution >= 0.6 is 0 Å². The summed E-state index contributed by atoms with van der Waals surface area (Å²) in [6.45, 7) is 1.60. The number of nitrogens with zero attached hydrogens (tertiary/aromatic N) is 3. The highest BCUT2D eigenvalue weighted by molar-refractivity contribution is 5.94. The molecule has 7 heteroatoms. The molecule has 5 rings (SSSR count). The zero-order valence-electron chi connectivity index (χ0n) is 18.4. The van der Waals surface area contributed by atoms with Gasteiger partial charge in [-0.05, 0) is 44.2 Å². The number of nitrogens with one attached hydrogen (secondary N) is 1. The molecule has 1 aliphatic carbocycles. The molecule has 7 nitrogen and oxygen atoms in total. The molecular formula is C25H30N4O3. The van der Waals surface area contributed by atoms with Crippen molar-refractivity contribution in [2.45, 2.75) is 64.0 Å². The van der Waals surface area contributed by atoms with E-state index in [2.05, 4.69) is 4.98 Å². The number of benzene rings is 1. The van der Waals surface area contributed by atoms with Crippen LogP contribution in [-0.2, 0) is 17.8 Å². The molecule has 168 valence electrons.